The summed E-state index contributed by atoms with van der Waals surface area (Å²) in [5, 5.41) is 2.99. The second kappa shape index (κ2) is 10.5. The molecular weight excluding hydrogens is 484 g/mol. The fraction of sp³-hybridized carbons (Fsp3) is 0.565. The molecule has 1 amide bonds. The Morgan fingerprint density at radius 3 is 2.53 bits per heavy atom. The van der Waals surface area contributed by atoms with Crippen LogP contribution in [0.2, 0.25) is 0 Å². The lowest BCUT2D eigenvalue weighted by Crippen LogP contribution is -2.36. The quantitative estimate of drug-likeness (QED) is 0.514. The van der Waals surface area contributed by atoms with Crippen molar-refractivity contribution in [3.8, 4) is 0 Å². The molecule has 3 saturated heterocycles. The van der Waals surface area contributed by atoms with Gasteiger partial charge < -0.3 is 39.3 Å². The predicted molar refractivity (Wildman–Crippen MR) is 141 cm³/mol. The van der Waals surface area contributed by atoms with Gasteiger partial charge in [0.1, 0.15) is 6.26 Å². The Labute approximate surface area is 215 Å². The lowest BCUT2D eigenvalue weighted by Gasteiger charge is -2.29. The number of carbonyl (C=O) groups excluding carboxylic acids is 1. The molecule has 0 aliphatic carbocycles. The highest BCUT2D eigenvalue weighted by Gasteiger charge is 2.26. The van der Waals surface area contributed by atoms with Crippen LogP contribution in [0.4, 0.5) is 23.5 Å². The summed E-state index contributed by atoms with van der Waals surface area (Å²) in [7, 11) is 0. The number of morpholine rings is 1. The number of ether oxygens (including phenoxy) is 1. The van der Waals surface area contributed by atoms with Gasteiger partial charge >= 0.3 is 0 Å². The average Bonchev–Trinajstić information content (AvgIpc) is 3.64. The highest BCUT2D eigenvalue weighted by molar-refractivity contribution is 7.59. The van der Waals surface area contributed by atoms with Crippen LogP contribution in [0.3, 0.4) is 0 Å². The molecule has 13 heteroatoms. The highest BCUT2D eigenvalue weighted by Crippen LogP contribution is 2.32. The van der Waals surface area contributed by atoms with Gasteiger partial charge in [0.15, 0.2) is 17.1 Å². The van der Waals surface area contributed by atoms with Gasteiger partial charge in [-0.2, -0.15) is 23.5 Å². The van der Waals surface area contributed by atoms with Crippen LogP contribution in [0, 0.1) is 0 Å². The lowest BCUT2D eigenvalue weighted by molar-refractivity contribution is 0.102. The van der Waals surface area contributed by atoms with Gasteiger partial charge in [0, 0.05) is 51.4 Å². The first-order valence-corrected chi connectivity index (χ1v) is 12.3. The number of nitrogens with zero attached hydrogens (tertiary/aromatic N) is 6. The molecule has 6 rings (SSSR count). The van der Waals surface area contributed by atoms with E-state index in [9.17, 15) is 4.79 Å². The first kappa shape index (κ1) is 24.7. The number of nitrogens with two attached hydrogens (primary N) is 1. The topological polar surface area (TPSA) is 139 Å². The number of nitrogens with one attached hydrogen (secondary N) is 1. The molecule has 3 aliphatic heterocycles. The number of hydrogen-bond donors (Lipinski definition) is 2. The van der Waals surface area contributed by atoms with Gasteiger partial charge in [0.05, 0.1) is 18.9 Å². The Balaban J connectivity index is 0.00000267. The average molecular weight is 517 g/mol. The number of fused-ring (bicyclic) bond motifs is 1. The Morgan fingerprint density at radius 2 is 1.78 bits per heavy atom. The molecule has 6 heterocycles. The first-order valence-electron chi connectivity index (χ1n) is 12.3. The van der Waals surface area contributed by atoms with E-state index in [1.54, 1.807) is 0 Å². The number of piperidine rings is 1. The van der Waals surface area contributed by atoms with E-state index < -0.39 is 0 Å². The van der Waals surface area contributed by atoms with Gasteiger partial charge in [-0.25, -0.2) is 4.98 Å². The van der Waals surface area contributed by atoms with E-state index in [4.69, 9.17) is 24.3 Å². The second-order valence-corrected chi connectivity index (χ2v) is 9.29. The first-order chi connectivity index (χ1) is 17.1. The number of oxazole rings is 2. The summed E-state index contributed by atoms with van der Waals surface area (Å²) in [4.78, 5) is 33.2. The summed E-state index contributed by atoms with van der Waals surface area (Å²) < 4.78 is 17.0. The smallest absolute Gasteiger partial charge is 0.300 e. The summed E-state index contributed by atoms with van der Waals surface area (Å²) in [5.41, 5.74) is 7.81. The van der Waals surface area contributed by atoms with E-state index in [-0.39, 0.29) is 31.1 Å². The molecule has 12 nitrogen and oxygen atoms in total. The third-order valence-electron chi connectivity index (χ3n) is 6.76. The zero-order valence-electron chi connectivity index (χ0n) is 20.1. The highest BCUT2D eigenvalue weighted by atomic mass is 32.1. The largest absolute Gasteiger partial charge is 0.431 e. The standard InChI is InChI=1S/C23H30N8O4.H2S/c24-15-4-7-31(13-15)22-26-17(14-34-22)21(32)25-16-12-18-19(27-20(16)29-5-2-1-3-6-29)28-23(35-18)30-8-10-33-11-9-30;/h12,14-15H,1-11,13,24H2,(H,25,32);1H2/t15-;/m0./s1. The van der Waals surface area contributed by atoms with E-state index in [0.717, 1.165) is 38.9 Å². The number of rotatable bonds is 5. The molecular formula is C23H32N8O4S. The summed E-state index contributed by atoms with van der Waals surface area (Å²) in [5.74, 6) is 0.331. The van der Waals surface area contributed by atoms with E-state index in [1.807, 2.05) is 15.9 Å². The van der Waals surface area contributed by atoms with Crippen LogP contribution in [-0.2, 0) is 4.74 Å². The van der Waals surface area contributed by atoms with Crippen LogP contribution >= 0.6 is 13.5 Å². The molecule has 0 radical (unpaired) electrons. The van der Waals surface area contributed by atoms with Gasteiger partial charge in [-0.1, -0.05) is 0 Å². The number of aromatic nitrogens is 3. The van der Waals surface area contributed by atoms with Crippen molar-refractivity contribution in [3.63, 3.8) is 0 Å². The number of amides is 1. The van der Waals surface area contributed by atoms with Gasteiger partial charge in [-0.15, -0.1) is 0 Å². The number of pyridine rings is 1. The van der Waals surface area contributed by atoms with Crippen LogP contribution in [0.1, 0.15) is 36.2 Å². The van der Waals surface area contributed by atoms with E-state index in [2.05, 4.69) is 20.2 Å². The second-order valence-electron chi connectivity index (χ2n) is 9.29. The SMILES string of the molecule is N[C@H]1CCN(c2nc(C(=O)Nc3cc4oc(N5CCOCC5)nc4nc3N3CCCCC3)co2)C1.S. The molecule has 3 aliphatic rings. The molecule has 0 spiro atoms. The zero-order chi connectivity index (χ0) is 23.8. The van der Waals surface area contributed by atoms with E-state index in [1.165, 1.54) is 12.7 Å². The maximum Gasteiger partial charge on any atom is 0.300 e. The fourth-order valence-corrected chi connectivity index (χ4v) is 4.83. The third-order valence-corrected chi connectivity index (χ3v) is 6.76. The monoisotopic (exact) mass is 516 g/mol. The molecule has 3 N–H and O–H groups in total. The Hall–Kier alpha value is -3.03. The molecule has 1 atom stereocenters. The summed E-state index contributed by atoms with van der Waals surface area (Å²) in [6.45, 7) is 5.87. The Bertz CT molecular complexity index is 1200. The minimum absolute atomic E-state index is 0. The van der Waals surface area contributed by atoms with Crippen molar-refractivity contribution < 1.29 is 18.4 Å². The van der Waals surface area contributed by atoms with Crippen LogP contribution in [0.5, 0.6) is 0 Å². The molecule has 194 valence electrons. The van der Waals surface area contributed by atoms with Crippen molar-refractivity contribution >= 4 is 54.2 Å². The minimum atomic E-state index is -0.365. The van der Waals surface area contributed by atoms with Crippen molar-refractivity contribution in [1.29, 1.82) is 0 Å². The normalized spacial score (nSPS) is 20.6. The van der Waals surface area contributed by atoms with Crippen molar-refractivity contribution in [3.05, 3.63) is 18.0 Å². The predicted octanol–water partition coefficient (Wildman–Crippen LogP) is 1.94. The number of hydrogen-bond acceptors (Lipinski definition) is 11. The van der Waals surface area contributed by atoms with Gasteiger partial charge in [0.2, 0.25) is 5.65 Å². The van der Waals surface area contributed by atoms with E-state index in [0.29, 0.717) is 67.6 Å². The lowest BCUT2D eigenvalue weighted by atomic mass is 10.1. The van der Waals surface area contributed by atoms with Gasteiger partial charge in [0.25, 0.3) is 17.9 Å². The molecule has 0 bridgehead atoms. The van der Waals surface area contributed by atoms with Gasteiger partial charge in [-0.3, -0.25) is 4.79 Å². The molecule has 3 aromatic rings. The van der Waals surface area contributed by atoms with Crippen molar-refractivity contribution in [2.24, 2.45) is 5.73 Å². The van der Waals surface area contributed by atoms with Crippen molar-refractivity contribution in [1.82, 2.24) is 15.0 Å². The Morgan fingerprint density at radius 1 is 0.972 bits per heavy atom. The fourth-order valence-electron chi connectivity index (χ4n) is 4.83. The van der Waals surface area contributed by atoms with Crippen molar-refractivity contribution in [2.45, 2.75) is 31.7 Å². The molecule has 3 aromatic heterocycles. The minimum Gasteiger partial charge on any atom is -0.431 e. The molecule has 0 aromatic carbocycles. The van der Waals surface area contributed by atoms with E-state index >= 15 is 0 Å². The maximum atomic E-state index is 13.1. The summed E-state index contributed by atoms with van der Waals surface area (Å²) in [6, 6.07) is 2.84. The summed E-state index contributed by atoms with van der Waals surface area (Å²) >= 11 is 0. The van der Waals surface area contributed by atoms with Crippen LogP contribution < -0.4 is 25.8 Å². The molecule has 0 unspecified atom stereocenters. The Kier molecular flexibility index (Phi) is 7.21. The van der Waals surface area contributed by atoms with Gasteiger partial charge in [-0.05, 0) is 25.7 Å². The van der Waals surface area contributed by atoms with Crippen molar-refractivity contribution in [2.75, 3.05) is 72.5 Å². The zero-order valence-corrected chi connectivity index (χ0v) is 21.1. The molecule has 0 saturated carbocycles. The van der Waals surface area contributed by atoms with Crippen LogP contribution in [-0.4, -0.2) is 79.4 Å². The van der Waals surface area contributed by atoms with Crippen LogP contribution in [0.25, 0.3) is 11.2 Å². The number of anilines is 4. The summed E-state index contributed by atoms with van der Waals surface area (Å²) in [6.07, 6.45) is 5.60. The molecule has 3 fully saturated rings. The number of carbonyl (C=O) groups is 1. The maximum absolute atomic E-state index is 13.1. The third kappa shape index (κ3) is 4.95. The molecule has 36 heavy (non-hydrogen) atoms. The van der Waals surface area contributed by atoms with Crippen LogP contribution in [0.15, 0.2) is 21.2 Å².